The van der Waals surface area contributed by atoms with Crippen LogP contribution >= 0.6 is 11.8 Å². The van der Waals surface area contributed by atoms with Crippen molar-refractivity contribution in [1.82, 2.24) is 5.32 Å². The van der Waals surface area contributed by atoms with Crippen LogP contribution in [-0.2, 0) is 4.79 Å². The maximum atomic E-state index is 11.4. The maximum Gasteiger partial charge on any atom is 0.286 e. The molecule has 1 N–H and O–H groups in total. The van der Waals surface area contributed by atoms with Gasteiger partial charge >= 0.3 is 0 Å². The summed E-state index contributed by atoms with van der Waals surface area (Å²) in [7, 11) is 0. The summed E-state index contributed by atoms with van der Waals surface area (Å²) in [6.45, 7) is 2.15. The fraction of sp³-hybridized carbons (Fsp3) is 0.478. The highest BCUT2D eigenvalue weighted by molar-refractivity contribution is 8.15. The number of thioether (sulfide) groups is 1. The molecule has 0 aromatic rings. The summed E-state index contributed by atoms with van der Waals surface area (Å²) < 4.78 is 0. The van der Waals surface area contributed by atoms with Crippen molar-refractivity contribution in [1.29, 1.82) is 0 Å². The van der Waals surface area contributed by atoms with E-state index in [0.29, 0.717) is 0 Å². The summed E-state index contributed by atoms with van der Waals surface area (Å²) in [6, 6.07) is 0. The lowest BCUT2D eigenvalue weighted by atomic mass is 10.1. The Morgan fingerprint density at radius 1 is 0.778 bits per heavy atom. The molecule has 1 heterocycles. The van der Waals surface area contributed by atoms with Crippen molar-refractivity contribution in [2.75, 3.05) is 0 Å². The number of unbranched alkanes of at least 4 members (excludes halogenated alkanes) is 2. The highest BCUT2D eigenvalue weighted by Gasteiger charge is 2.30. The second-order valence-electron chi connectivity index (χ2n) is 6.38. The minimum absolute atomic E-state index is 0.125. The molecular formula is C23H33NO2S. The van der Waals surface area contributed by atoms with Crippen LogP contribution in [0.1, 0.15) is 64.7 Å². The standard InChI is InChI=1S/C23H33NO2S/c1-2-3-4-5-6-7-8-9-10-11-12-13-14-15-16-17-18-19-20-21-22(25)24-23(26)27-21/h3-4,6-7,9-10,12-13,15-16,21H,2,5,8,11,14,17-20H2,1H3,(H,24,25,26). The van der Waals surface area contributed by atoms with Gasteiger partial charge < -0.3 is 0 Å². The molecule has 27 heavy (non-hydrogen) atoms. The Hall–Kier alpha value is -1.81. The first-order valence-corrected chi connectivity index (χ1v) is 10.9. The Balaban J connectivity index is 1.93. The monoisotopic (exact) mass is 387 g/mol. The molecule has 0 aliphatic carbocycles. The number of carbonyl (C=O) groups is 2. The van der Waals surface area contributed by atoms with Crippen molar-refractivity contribution in [2.45, 2.75) is 70.0 Å². The van der Waals surface area contributed by atoms with Crippen LogP contribution in [0, 0.1) is 0 Å². The van der Waals surface area contributed by atoms with Gasteiger partial charge in [-0.05, 0) is 51.4 Å². The molecule has 1 unspecified atom stereocenters. The Kier molecular flexibility index (Phi) is 14.1. The van der Waals surface area contributed by atoms with E-state index in [9.17, 15) is 9.59 Å². The molecule has 4 heteroatoms. The third-order valence-corrected chi connectivity index (χ3v) is 5.06. The molecule has 0 radical (unpaired) electrons. The lowest BCUT2D eigenvalue weighted by Crippen LogP contribution is -2.23. The smallest absolute Gasteiger partial charge is 0.286 e. The molecule has 0 saturated carbocycles. The van der Waals surface area contributed by atoms with Crippen molar-refractivity contribution >= 4 is 22.9 Å². The molecule has 1 fully saturated rings. The van der Waals surface area contributed by atoms with Gasteiger partial charge in [0.25, 0.3) is 5.24 Å². The van der Waals surface area contributed by atoms with Gasteiger partial charge in [0.15, 0.2) is 0 Å². The predicted molar refractivity (Wildman–Crippen MR) is 118 cm³/mol. The topological polar surface area (TPSA) is 46.2 Å². The third kappa shape index (κ3) is 13.1. The summed E-state index contributed by atoms with van der Waals surface area (Å²) in [6.07, 6.45) is 30.9. The molecule has 2 amide bonds. The molecule has 148 valence electrons. The lowest BCUT2D eigenvalue weighted by Gasteiger charge is -2.02. The number of rotatable bonds is 14. The van der Waals surface area contributed by atoms with Gasteiger partial charge in [0.2, 0.25) is 5.91 Å². The van der Waals surface area contributed by atoms with Crippen LogP contribution in [0.15, 0.2) is 60.8 Å². The third-order valence-electron chi connectivity index (χ3n) is 4.01. The van der Waals surface area contributed by atoms with Gasteiger partial charge in [0.1, 0.15) is 0 Å². The fourth-order valence-electron chi connectivity index (χ4n) is 2.54. The summed E-state index contributed by atoms with van der Waals surface area (Å²) in [4.78, 5) is 22.5. The first-order valence-electron chi connectivity index (χ1n) is 10.0. The molecule has 0 spiro atoms. The molecule has 1 atom stereocenters. The molecule has 0 bridgehead atoms. The normalized spacial score (nSPS) is 18.3. The second-order valence-corrected chi connectivity index (χ2v) is 7.55. The molecular weight excluding hydrogens is 354 g/mol. The van der Waals surface area contributed by atoms with Gasteiger partial charge in [0, 0.05) is 0 Å². The van der Waals surface area contributed by atoms with Gasteiger partial charge in [-0.2, -0.15) is 0 Å². The number of hydrogen-bond donors (Lipinski definition) is 1. The van der Waals surface area contributed by atoms with E-state index in [1.165, 1.54) is 0 Å². The van der Waals surface area contributed by atoms with Crippen LogP contribution in [0.5, 0.6) is 0 Å². The molecule has 0 aromatic heterocycles. The van der Waals surface area contributed by atoms with Gasteiger partial charge in [-0.1, -0.05) is 85.9 Å². The van der Waals surface area contributed by atoms with Crippen LogP contribution in [0.2, 0.25) is 0 Å². The zero-order valence-electron chi connectivity index (χ0n) is 16.4. The van der Waals surface area contributed by atoms with Crippen LogP contribution in [0.3, 0.4) is 0 Å². The minimum Gasteiger partial charge on any atom is -0.286 e. The largest absolute Gasteiger partial charge is 0.286 e. The van der Waals surface area contributed by atoms with Crippen molar-refractivity contribution in [3.05, 3.63) is 60.8 Å². The molecule has 0 aromatic carbocycles. The molecule has 1 aliphatic heterocycles. The zero-order chi connectivity index (χ0) is 19.6. The zero-order valence-corrected chi connectivity index (χ0v) is 17.3. The highest BCUT2D eigenvalue weighted by atomic mass is 32.2. The average Bonchev–Trinajstić information content (AvgIpc) is 2.98. The highest BCUT2D eigenvalue weighted by Crippen LogP contribution is 2.23. The van der Waals surface area contributed by atoms with E-state index < -0.39 is 0 Å². The fourth-order valence-corrected chi connectivity index (χ4v) is 3.41. The minimum atomic E-state index is -0.206. The summed E-state index contributed by atoms with van der Waals surface area (Å²) in [5.74, 6) is -0.125. The number of carbonyl (C=O) groups excluding carboxylic acids is 2. The molecule has 1 aliphatic rings. The second kappa shape index (κ2) is 16.4. The van der Waals surface area contributed by atoms with Crippen LogP contribution in [0.4, 0.5) is 4.79 Å². The lowest BCUT2D eigenvalue weighted by molar-refractivity contribution is -0.119. The van der Waals surface area contributed by atoms with E-state index in [1.807, 2.05) is 0 Å². The van der Waals surface area contributed by atoms with E-state index >= 15 is 0 Å². The van der Waals surface area contributed by atoms with Crippen molar-refractivity contribution in [3.63, 3.8) is 0 Å². The number of nitrogens with one attached hydrogen (secondary N) is 1. The van der Waals surface area contributed by atoms with Gasteiger partial charge in [-0.15, -0.1) is 0 Å². The van der Waals surface area contributed by atoms with Crippen LogP contribution < -0.4 is 5.32 Å². The number of imide groups is 1. The number of hydrogen-bond acceptors (Lipinski definition) is 3. The quantitative estimate of drug-likeness (QED) is 0.268. The van der Waals surface area contributed by atoms with Gasteiger partial charge in [-0.25, -0.2) is 0 Å². The maximum absolute atomic E-state index is 11.4. The predicted octanol–water partition coefficient (Wildman–Crippen LogP) is 6.65. The number of allylic oxidation sites excluding steroid dienone is 10. The first kappa shape index (κ1) is 23.2. The van der Waals surface area contributed by atoms with E-state index in [-0.39, 0.29) is 16.4 Å². The molecule has 1 saturated heterocycles. The average molecular weight is 388 g/mol. The summed E-state index contributed by atoms with van der Waals surface area (Å²) in [5.41, 5.74) is 0. The van der Waals surface area contributed by atoms with Crippen LogP contribution in [0.25, 0.3) is 0 Å². The van der Waals surface area contributed by atoms with E-state index in [4.69, 9.17) is 0 Å². The van der Waals surface area contributed by atoms with Gasteiger partial charge in [-0.3, -0.25) is 14.9 Å². The summed E-state index contributed by atoms with van der Waals surface area (Å²) in [5, 5.41) is 1.95. The Morgan fingerprint density at radius 2 is 1.30 bits per heavy atom. The van der Waals surface area contributed by atoms with Crippen molar-refractivity contribution in [2.24, 2.45) is 0 Å². The summed E-state index contributed by atoms with van der Waals surface area (Å²) >= 11 is 1.12. The first-order chi connectivity index (χ1) is 13.2. The molecule has 1 rings (SSSR count). The van der Waals surface area contributed by atoms with Crippen molar-refractivity contribution in [3.8, 4) is 0 Å². The van der Waals surface area contributed by atoms with E-state index in [2.05, 4.69) is 73.0 Å². The Morgan fingerprint density at radius 3 is 1.78 bits per heavy atom. The van der Waals surface area contributed by atoms with Gasteiger partial charge in [0.05, 0.1) is 5.25 Å². The van der Waals surface area contributed by atoms with Crippen molar-refractivity contribution < 1.29 is 9.59 Å². The SMILES string of the molecule is CCC=CCC=CCC=CCC=CCC=CCCCCC1SC(=O)NC1=O. The number of amides is 2. The van der Waals surface area contributed by atoms with Crippen LogP contribution in [-0.4, -0.2) is 16.4 Å². The van der Waals surface area contributed by atoms with E-state index in [1.54, 1.807) is 0 Å². The van der Waals surface area contributed by atoms with E-state index in [0.717, 1.165) is 69.5 Å². The Bertz CT molecular complexity index is 573. The molecule has 3 nitrogen and oxygen atoms in total. The Labute approximate surface area is 168 Å².